The number of anilines is 1. The number of para-hydroxylation sites is 1. The molecule has 1 fully saturated rings. The van der Waals surface area contributed by atoms with Crippen molar-refractivity contribution < 1.29 is 8.42 Å². The number of benzene rings is 1. The first-order valence-electron chi connectivity index (χ1n) is 9.75. The van der Waals surface area contributed by atoms with Crippen molar-refractivity contribution >= 4 is 21.7 Å². The molecule has 9 heteroatoms. The van der Waals surface area contributed by atoms with Gasteiger partial charge in [0.25, 0.3) is 0 Å². The zero-order valence-corrected chi connectivity index (χ0v) is 17.4. The molecular weight excluding hydrogens is 388 g/mol. The predicted octanol–water partition coefficient (Wildman–Crippen LogP) is 1.19. The summed E-state index contributed by atoms with van der Waals surface area (Å²) in [4.78, 5) is 10.6. The topological polar surface area (TPSA) is 98.7 Å². The third-order valence-corrected chi connectivity index (χ3v) is 6.28. The fourth-order valence-corrected chi connectivity index (χ4v) is 4.26. The van der Waals surface area contributed by atoms with Crippen LogP contribution in [0.4, 0.5) is 5.69 Å². The van der Waals surface area contributed by atoms with E-state index < -0.39 is 10.0 Å². The van der Waals surface area contributed by atoms with E-state index in [0.29, 0.717) is 18.5 Å². The van der Waals surface area contributed by atoms with Gasteiger partial charge in [-0.15, -0.1) is 0 Å². The lowest BCUT2D eigenvalue weighted by atomic mass is 10.0. The second-order valence-electron chi connectivity index (χ2n) is 6.83. The maximum absolute atomic E-state index is 12.2. The highest BCUT2D eigenvalue weighted by atomic mass is 32.2. The molecular formula is C20H28N6O2S. The van der Waals surface area contributed by atoms with Gasteiger partial charge in [-0.1, -0.05) is 18.2 Å². The Bertz CT molecular complexity index is 882. The van der Waals surface area contributed by atoms with Gasteiger partial charge < -0.3 is 15.5 Å². The van der Waals surface area contributed by atoms with Gasteiger partial charge in [-0.3, -0.25) is 9.98 Å². The molecule has 8 nitrogen and oxygen atoms in total. The Kier molecular flexibility index (Phi) is 7.42. The predicted molar refractivity (Wildman–Crippen MR) is 116 cm³/mol. The molecule has 29 heavy (non-hydrogen) atoms. The summed E-state index contributed by atoms with van der Waals surface area (Å²) < 4.78 is 26.9. The molecule has 3 rings (SSSR count). The average Bonchev–Trinajstić information content (AvgIpc) is 2.77. The lowest BCUT2D eigenvalue weighted by molar-refractivity contribution is 0.461. The first kappa shape index (κ1) is 21.1. The summed E-state index contributed by atoms with van der Waals surface area (Å²) in [5, 5.41) is 6.60. The van der Waals surface area contributed by atoms with E-state index in [-0.39, 0.29) is 11.4 Å². The number of hydrogen-bond acceptors (Lipinski definition) is 5. The van der Waals surface area contributed by atoms with Gasteiger partial charge in [0.1, 0.15) is 4.90 Å². The Morgan fingerprint density at radius 3 is 2.55 bits per heavy atom. The molecule has 0 bridgehead atoms. The molecule has 2 aromatic rings. The number of nitrogens with one attached hydrogen (secondary N) is 3. The number of rotatable bonds is 7. The Labute approximate surface area is 172 Å². The minimum Gasteiger partial charge on any atom is -0.371 e. The van der Waals surface area contributed by atoms with E-state index >= 15 is 0 Å². The highest BCUT2D eigenvalue weighted by molar-refractivity contribution is 7.89. The summed E-state index contributed by atoms with van der Waals surface area (Å²) in [6.45, 7) is 2.67. The number of piperidine rings is 1. The van der Waals surface area contributed by atoms with E-state index in [2.05, 4.69) is 54.5 Å². The van der Waals surface area contributed by atoms with Crippen molar-refractivity contribution in [1.29, 1.82) is 0 Å². The van der Waals surface area contributed by atoms with Gasteiger partial charge in [0.15, 0.2) is 5.96 Å². The fraction of sp³-hybridized carbons (Fsp3) is 0.400. The summed E-state index contributed by atoms with van der Waals surface area (Å²) in [6, 6.07) is 13.9. The number of sulfonamides is 1. The van der Waals surface area contributed by atoms with Crippen LogP contribution in [0.15, 0.2) is 64.7 Å². The summed E-state index contributed by atoms with van der Waals surface area (Å²) in [6.07, 6.45) is 4.91. The second-order valence-corrected chi connectivity index (χ2v) is 8.59. The number of nitrogens with zero attached hydrogens (tertiary/aromatic N) is 3. The largest absolute Gasteiger partial charge is 0.371 e. The van der Waals surface area contributed by atoms with Crippen molar-refractivity contribution in [2.24, 2.45) is 4.99 Å². The van der Waals surface area contributed by atoms with Gasteiger partial charge in [-0.2, -0.15) is 0 Å². The zero-order valence-electron chi connectivity index (χ0n) is 16.6. The van der Waals surface area contributed by atoms with Gasteiger partial charge in [0, 0.05) is 57.3 Å². The van der Waals surface area contributed by atoms with Gasteiger partial charge >= 0.3 is 0 Å². The molecule has 1 aromatic carbocycles. The maximum atomic E-state index is 12.2. The highest BCUT2D eigenvalue weighted by Crippen LogP contribution is 2.19. The smallest absolute Gasteiger partial charge is 0.242 e. The first-order valence-corrected chi connectivity index (χ1v) is 11.2. The lowest BCUT2D eigenvalue weighted by Gasteiger charge is -2.34. The molecule has 156 valence electrons. The van der Waals surface area contributed by atoms with Crippen LogP contribution in [0.25, 0.3) is 0 Å². The molecule has 0 radical (unpaired) electrons. The Hall–Kier alpha value is -2.65. The maximum Gasteiger partial charge on any atom is 0.242 e. The van der Waals surface area contributed by atoms with E-state index in [1.165, 1.54) is 18.0 Å². The third kappa shape index (κ3) is 6.16. The van der Waals surface area contributed by atoms with Crippen molar-refractivity contribution in [3.05, 3.63) is 54.9 Å². The molecule has 0 atom stereocenters. The van der Waals surface area contributed by atoms with Crippen LogP contribution in [0.1, 0.15) is 12.8 Å². The van der Waals surface area contributed by atoms with Crippen molar-refractivity contribution in [2.45, 2.75) is 23.8 Å². The van der Waals surface area contributed by atoms with E-state index in [1.54, 1.807) is 19.3 Å². The molecule has 0 aliphatic carbocycles. The summed E-state index contributed by atoms with van der Waals surface area (Å²) in [7, 11) is -1.83. The van der Waals surface area contributed by atoms with Gasteiger partial charge in [0.2, 0.25) is 10.0 Å². The van der Waals surface area contributed by atoms with Crippen molar-refractivity contribution in [2.75, 3.05) is 38.1 Å². The van der Waals surface area contributed by atoms with E-state index in [9.17, 15) is 8.42 Å². The molecule has 0 spiro atoms. The molecule has 3 N–H and O–H groups in total. The number of aliphatic imine (C=N–C) groups is 1. The summed E-state index contributed by atoms with van der Waals surface area (Å²) in [5.41, 5.74) is 1.26. The van der Waals surface area contributed by atoms with Crippen LogP contribution >= 0.6 is 0 Å². The third-order valence-electron chi connectivity index (χ3n) is 4.83. The monoisotopic (exact) mass is 416 g/mol. The van der Waals surface area contributed by atoms with Crippen LogP contribution < -0.4 is 20.3 Å². The second kappa shape index (κ2) is 10.2. The number of pyridine rings is 1. The molecule has 1 aliphatic rings. The van der Waals surface area contributed by atoms with E-state index in [4.69, 9.17) is 0 Å². The zero-order chi connectivity index (χ0) is 20.5. The Balaban J connectivity index is 1.39. The lowest BCUT2D eigenvalue weighted by Crippen LogP contribution is -2.49. The van der Waals surface area contributed by atoms with Crippen molar-refractivity contribution in [3.8, 4) is 0 Å². The molecule has 1 aliphatic heterocycles. The number of hydrogen-bond donors (Lipinski definition) is 3. The van der Waals surface area contributed by atoms with Crippen molar-refractivity contribution in [1.82, 2.24) is 20.3 Å². The highest BCUT2D eigenvalue weighted by Gasteiger charge is 2.20. The van der Waals surface area contributed by atoms with Crippen LogP contribution in [-0.2, 0) is 10.0 Å². The minimum atomic E-state index is -3.54. The molecule has 0 saturated carbocycles. The fourth-order valence-electron chi connectivity index (χ4n) is 3.26. The first-order chi connectivity index (χ1) is 14.1. The molecule has 1 aromatic heterocycles. The SMILES string of the molecule is CN=C(NCCNS(=O)(=O)c1cccnc1)NC1CCN(c2ccccc2)CC1. The number of aromatic nitrogens is 1. The van der Waals surface area contributed by atoms with Crippen LogP contribution in [0, 0.1) is 0 Å². The quantitative estimate of drug-likeness (QED) is 0.356. The van der Waals surface area contributed by atoms with Crippen LogP contribution in [0.5, 0.6) is 0 Å². The summed E-state index contributed by atoms with van der Waals surface area (Å²) in [5.74, 6) is 0.684. The molecule has 0 amide bonds. The Morgan fingerprint density at radius 1 is 1.14 bits per heavy atom. The normalized spacial score (nSPS) is 15.9. The molecule has 1 saturated heterocycles. The standard InChI is InChI=1S/C20H28N6O2S/c1-21-20(23-12-13-24-29(27,28)19-8-5-11-22-16-19)25-17-9-14-26(15-10-17)18-6-3-2-4-7-18/h2-8,11,16-17,24H,9-10,12-15H2,1H3,(H2,21,23,25). The molecule has 0 unspecified atom stereocenters. The minimum absolute atomic E-state index is 0.160. The van der Waals surface area contributed by atoms with Crippen LogP contribution in [0.3, 0.4) is 0 Å². The van der Waals surface area contributed by atoms with Crippen LogP contribution in [0.2, 0.25) is 0 Å². The summed E-state index contributed by atoms with van der Waals surface area (Å²) >= 11 is 0. The Morgan fingerprint density at radius 2 is 1.90 bits per heavy atom. The van der Waals surface area contributed by atoms with Gasteiger partial charge in [-0.25, -0.2) is 13.1 Å². The van der Waals surface area contributed by atoms with Gasteiger partial charge in [0.05, 0.1) is 0 Å². The molecule has 2 heterocycles. The number of guanidine groups is 1. The van der Waals surface area contributed by atoms with Crippen LogP contribution in [-0.4, -0.2) is 58.6 Å². The van der Waals surface area contributed by atoms with Crippen molar-refractivity contribution in [3.63, 3.8) is 0 Å². The van der Waals surface area contributed by atoms with E-state index in [0.717, 1.165) is 25.9 Å². The average molecular weight is 417 g/mol. The van der Waals surface area contributed by atoms with E-state index in [1.807, 2.05) is 6.07 Å². The van der Waals surface area contributed by atoms with Gasteiger partial charge in [-0.05, 0) is 37.1 Å².